The molecule has 0 unspecified atom stereocenters. The molecule has 0 saturated heterocycles. The van der Waals surface area contributed by atoms with Crippen LogP contribution >= 0.6 is 0 Å². The molecule has 0 saturated carbocycles. The van der Waals surface area contributed by atoms with Gasteiger partial charge in [-0.25, -0.2) is 12.1 Å². The van der Waals surface area contributed by atoms with Gasteiger partial charge < -0.3 is 0 Å². The van der Waals surface area contributed by atoms with Gasteiger partial charge in [-0.3, -0.25) is 0 Å². The van der Waals surface area contributed by atoms with Crippen LogP contribution < -0.4 is 0 Å². The number of benzene rings is 3. The molecule has 0 heterocycles. The van der Waals surface area contributed by atoms with Crippen molar-refractivity contribution in [3.05, 3.63) is 119 Å². The van der Waals surface area contributed by atoms with Crippen LogP contribution in [0, 0.1) is 0 Å². The summed E-state index contributed by atoms with van der Waals surface area (Å²) in [6.07, 6.45) is 6.80. The summed E-state index contributed by atoms with van der Waals surface area (Å²) in [5, 5.41) is 5.48. The molecule has 0 N–H and O–H groups in total. The molecule has 0 aliphatic heterocycles. The van der Waals surface area contributed by atoms with Crippen LogP contribution in [-0.4, -0.2) is 3.26 Å². The molecule has 0 bridgehead atoms. The first kappa shape index (κ1) is 35.1. The Kier molecular flexibility index (Phi) is 13.1. The number of fused-ring (bicyclic) bond motifs is 3. The van der Waals surface area contributed by atoms with Gasteiger partial charge >= 0.3 is 121 Å². The van der Waals surface area contributed by atoms with Gasteiger partial charge in [0.15, 0.2) is 0 Å². The molecule has 0 aliphatic rings. The van der Waals surface area contributed by atoms with Crippen molar-refractivity contribution >= 4 is 24.8 Å². The molecule has 5 aromatic rings. The predicted octanol–water partition coefficient (Wildman–Crippen LogP) is 12.6. The summed E-state index contributed by atoms with van der Waals surface area (Å²) in [6, 6.07) is 35.4. The summed E-state index contributed by atoms with van der Waals surface area (Å²) in [6.45, 7) is 20.4. The second-order valence-electron chi connectivity index (χ2n) is 14.3. The van der Waals surface area contributed by atoms with Crippen LogP contribution in [0.2, 0.25) is 0 Å². The SMILES string of the molecule is CC(C)(C)c1ccc2c(c1)[cH-]c1cc(C(C)(C)C)ccc12.CCCCCC[C](=[Hf+2])c1ccc(C(C)C)cc1.c1cc[cH-]c1. The monoisotopic (exact) mass is 738 g/mol. The van der Waals surface area contributed by atoms with E-state index in [0.717, 1.165) is 0 Å². The molecule has 5 aromatic carbocycles. The third-order valence-corrected chi connectivity index (χ3v) is 10.1. The van der Waals surface area contributed by atoms with Crippen molar-refractivity contribution in [2.75, 3.05) is 0 Å². The van der Waals surface area contributed by atoms with Gasteiger partial charge in [0.1, 0.15) is 0 Å². The molecule has 0 radical (unpaired) electrons. The Labute approximate surface area is 277 Å². The van der Waals surface area contributed by atoms with Gasteiger partial charge in [0.05, 0.1) is 0 Å². The summed E-state index contributed by atoms with van der Waals surface area (Å²) in [5.74, 6) is 0.645. The fourth-order valence-electron chi connectivity index (χ4n) is 5.22. The van der Waals surface area contributed by atoms with Gasteiger partial charge in [-0.05, 0) is 10.8 Å². The quantitative estimate of drug-likeness (QED) is 0.0886. The number of hydrogen-bond acceptors (Lipinski definition) is 0. The number of rotatable bonds is 7. The zero-order chi connectivity index (χ0) is 31.6. The Morgan fingerprint density at radius 2 is 1.21 bits per heavy atom. The minimum atomic E-state index is 0.203. The maximum atomic E-state index is 2.35. The Morgan fingerprint density at radius 3 is 1.60 bits per heavy atom. The van der Waals surface area contributed by atoms with Gasteiger partial charge in [-0.1, -0.05) is 76.9 Å². The van der Waals surface area contributed by atoms with Crippen LogP contribution in [0.15, 0.2) is 97.1 Å². The topological polar surface area (TPSA) is 0 Å². The zero-order valence-corrected chi connectivity index (χ0v) is 31.9. The van der Waals surface area contributed by atoms with Crippen LogP contribution in [0.25, 0.3) is 21.5 Å². The van der Waals surface area contributed by atoms with Crippen molar-refractivity contribution < 1.29 is 23.9 Å². The molecular formula is C42H54Hf. The maximum Gasteiger partial charge on any atom is -0.172 e. The van der Waals surface area contributed by atoms with Crippen molar-refractivity contribution in [2.45, 2.75) is 111 Å². The van der Waals surface area contributed by atoms with E-state index in [0.29, 0.717) is 5.92 Å². The van der Waals surface area contributed by atoms with Crippen LogP contribution in [0.1, 0.15) is 123 Å². The first-order valence-electron chi connectivity index (χ1n) is 16.3. The smallest absolute Gasteiger partial charge is 0.172 e. The van der Waals surface area contributed by atoms with E-state index in [1.165, 1.54) is 99.8 Å². The maximum absolute atomic E-state index is 2.35. The molecule has 226 valence electrons. The molecule has 5 rings (SSSR count). The fourth-order valence-corrected chi connectivity index (χ4v) is 6.45. The summed E-state index contributed by atoms with van der Waals surface area (Å²) < 4.78 is 1.68. The molecule has 0 amide bonds. The van der Waals surface area contributed by atoms with E-state index >= 15 is 0 Å². The first-order valence-corrected chi connectivity index (χ1v) is 18.1. The molecule has 0 nitrogen and oxygen atoms in total. The van der Waals surface area contributed by atoms with E-state index in [-0.39, 0.29) is 10.8 Å². The molecule has 0 fully saturated rings. The molecule has 1 heteroatoms. The largest absolute Gasteiger partial charge is 0.214 e. The van der Waals surface area contributed by atoms with E-state index in [9.17, 15) is 0 Å². The van der Waals surface area contributed by atoms with Crippen molar-refractivity contribution in [1.82, 2.24) is 0 Å². The summed E-state index contributed by atoms with van der Waals surface area (Å²) in [7, 11) is 0. The molecule has 0 atom stereocenters. The summed E-state index contributed by atoms with van der Waals surface area (Å²) in [5.41, 5.74) is 6.15. The molecule has 0 aliphatic carbocycles. The first-order chi connectivity index (χ1) is 20.3. The Bertz CT molecular complexity index is 1440. The van der Waals surface area contributed by atoms with Gasteiger partial charge in [0.25, 0.3) is 0 Å². The summed E-state index contributed by atoms with van der Waals surface area (Å²) in [4.78, 5) is 0. The Morgan fingerprint density at radius 1 is 0.698 bits per heavy atom. The number of hydrogen-bond donors (Lipinski definition) is 0. The normalized spacial score (nSPS) is 11.7. The minimum absolute atomic E-state index is 0.203. The molecule has 0 aromatic heterocycles. The van der Waals surface area contributed by atoms with Gasteiger partial charge in [0, 0.05) is 0 Å². The van der Waals surface area contributed by atoms with Crippen LogP contribution in [0.3, 0.4) is 0 Å². The van der Waals surface area contributed by atoms with Crippen molar-refractivity contribution in [2.24, 2.45) is 0 Å². The van der Waals surface area contributed by atoms with E-state index in [1.54, 1.807) is 3.26 Å². The van der Waals surface area contributed by atoms with E-state index < -0.39 is 0 Å². The van der Waals surface area contributed by atoms with E-state index in [4.69, 9.17) is 0 Å². The predicted molar refractivity (Wildman–Crippen MR) is 190 cm³/mol. The minimum Gasteiger partial charge on any atom is -0.214 e. The van der Waals surface area contributed by atoms with Gasteiger partial charge in [-0.15, -0.1) is 39.7 Å². The standard InChI is InChI=1S/C21H25.C16H24.C5H5.Hf/c1-20(2,3)16-7-9-18-14(12-16)11-15-13-17(21(4,5)6)8-10-19(15)18;1-4-5-6-7-8-9-15-10-12-16(13-11-15)14(2)3;1-2-4-5-3-1;/h7-13H,1-6H3;10-14H,4-8H2,1-3H3;1-5H;/q-1;;-1;+2. The average molecular weight is 737 g/mol. The Hall–Kier alpha value is -2.38. The van der Waals surface area contributed by atoms with Crippen LogP contribution in [0.4, 0.5) is 0 Å². The second kappa shape index (κ2) is 16.1. The molecule has 0 spiro atoms. The number of unbranched alkanes of at least 4 members (excludes halogenated alkanes) is 3. The van der Waals surface area contributed by atoms with Crippen molar-refractivity contribution in [3.8, 4) is 0 Å². The van der Waals surface area contributed by atoms with Gasteiger partial charge in [0.2, 0.25) is 0 Å². The Balaban J connectivity index is 0.000000206. The van der Waals surface area contributed by atoms with E-state index in [1.807, 2.05) is 30.3 Å². The van der Waals surface area contributed by atoms with Crippen molar-refractivity contribution in [1.29, 1.82) is 0 Å². The third kappa shape index (κ3) is 10.6. The molecular weight excluding hydrogens is 683 g/mol. The van der Waals surface area contributed by atoms with E-state index in [2.05, 4.69) is 129 Å². The van der Waals surface area contributed by atoms with Crippen LogP contribution in [-0.2, 0) is 34.7 Å². The zero-order valence-electron chi connectivity index (χ0n) is 28.4. The third-order valence-electron chi connectivity index (χ3n) is 8.20. The fraction of sp³-hybridized carbons (Fsp3) is 0.405. The van der Waals surface area contributed by atoms with Gasteiger partial charge in [-0.2, -0.15) is 18.2 Å². The second-order valence-corrected chi connectivity index (χ2v) is 16.4. The summed E-state index contributed by atoms with van der Waals surface area (Å²) >= 11 is 1.21. The van der Waals surface area contributed by atoms with Crippen molar-refractivity contribution in [3.63, 3.8) is 0 Å². The average Bonchev–Trinajstić information content (AvgIpc) is 3.66. The molecule has 43 heavy (non-hydrogen) atoms. The van der Waals surface area contributed by atoms with Crippen LogP contribution in [0.5, 0.6) is 0 Å².